The van der Waals surface area contributed by atoms with Crippen molar-refractivity contribution in [3.63, 3.8) is 0 Å². The van der Waals surface area contributed by atoms with Crippen molar-refractivity contribution in [2.75, 3.05) is 16.4 Å². The number of anilines is 2. The monoisotopic (exact) mass is 432 g/mol. The number of benzene rings is 2. The molecular weight excluding hydrogens is 416 g/mol. The molecule has 0 bridgehead atoms. The minimum atomic E-state index is -0.193. The fourth-order valence-electron chi connectivity index (χ4n) is 2.28. The first-order chi connectivity index (χ1) is 13.6. The van der Waals surface area contributed by atoms with Crippen molar-refractivity contribution >= 4 is 57.3 Å². The van der Waals surface area contributed by atoms with Gasteiger partial charge in [0.2, 0.25) is 16.9 Å². The maximum Gasteiger partial charge on any atom is 0.234 e. The van der Waals surface area contributed by atoms with Crippen LogP contribution in [-0.4, -0.2) is 27.8 Å². The molecule has 28 heavy (non-hydrogen) atoms. The molecule has 0 unspecified atom stereocenters. The van der Waals surface area contributed by atoms with Gasteiger partial charge in [-0.3, -0.25) is 9.59 Å². The Morgan fingerprint density at radius 2 is 1.71 bits per heavy atom. The molecule has 0 saturated carbocycles. The third-order valence-corrected chi connectivity index (χ3v) is 5.91. The van der Waals surface area contributed by atoms with Gasteiger partial charge in [0, 0.05) is 6.42 Å². The van der Waals surface area contributed by atoms with Gasteiger partial charge in [0.1, 0.15) is 0 Å². The Morgan fingerprint density at radius 1 is 0.964 bits per heavy atom. The summed E-state index contributed by atoms with van der Waals surface area (Å²) in [6, 6.07) is 16.9. The normalized spacial score (nSPS) is 10.5. The maximum atomic E-state index is 12.0. The summed E-state index contributed by atoms with van der Waals surface area (Å²) in [6.45, 7) is 0. The van der Waals surface area contributed by atoms with E-state index in [1.54, 1.807) is 24.3 Å². The van der Waals surface area contributed by atoms with E-state index < -0.39 is 0 Å². The van der Waals surface area contributed by atoms with Gasteiger partial charge in [-0.1, -0.05) is 77.2 Å². The predicted octanol–water partition coefficient (Wildman–Crippen LogP) is 4.49. The van der Waals surface area contributed by atoms with Crippen molar-refractivity contribution in [2.45, 2.75) is 17.2 Å². The van der Waals surface area contributed by atoms with E-state index in [1.165, 1.54) is 23.1 Å². The molecule has 3 aromatic rings. The van der Waals surface area contributed by atoms with E-state index in [0.717, 1.165) is 5.56 Å². The summed E-state index contributed by atoms with van der Waals surface area (Å²) in [6.07, 6.45) is 1.03. The third kappa shape index (κ3) is 6.33. The summed E-state index contributed by atoms with van der Waals surface area (Å²) < 4.78 is 0.604. The van der Waals surface area contributed by atoms with E-state index in [1.807, 2.05) is 30.3 Å². The van der Waals surface area contributed by atoms with Crippen LogP contribution in [0.4, 0.5) is 10.8 Å². The summed E-state index contributed by atoms with van der Waals surface area (Å²) in [5.41, 5.74) is 1.68. The smallest absolute Gasteiger partial charge is 0.234 e. The summed E-state index contributed by atoms with van der Waals surface area (Å²) in [7, 11) is 0. The number of rotatable bonds is 8. The third-order valence-electron chi connectivity index (χ3n) is 3.61. The number of amides is 2. The second kappa shape index (κ2) is 10.2. The van der Waals surface area contributed by atoms with Gasteiger partial charge in [-0.15, -0.1) is 10.2 Å². The largest absolute Gasteiger partial charge is 0.324 e. The lowest BCUT2D eigenvalue weighted by molar-refractivity contribution is -0.116. The van der Waals surface area contributed by atoms with E-state index in [9.17, 15) is 9.59 Å². The lowest BCUT2D eigenvalue weighted by atomic mass is 10.1. The highest BCUT2D eigenvalue weighted by atomic mass is 35.5. The number of carbonyl (C=O) groups excluding carboxylic acids is 2. The van der Waals surface area contributed by atoms with E-state index in [0.29, 0.717) is 33.0 Å². The van der Waals surface area contributed by atoms with Crippen molar-refractivity contribution < 1.29 is 9.59 Å². The first-order valence-corrected chi connectivity index (χ1v) is 10.6. The van der Waals surface area contributed by atoms with Crippen LogP contribution >= 0.6 is 34.7 Å². The van der Waals surface area contributed by atoms with Crippen LogP contribution in [0.2, 0.25) is 5.02 Å². The number of aromatic nitrogens is 2. The predicted molar refractivity (Wildman–Crippen MR) is 114 cm³/mol. The first kappa shape index (κ1) is 20.3. The lowest BCUT2D eigenvalue weighted by Gasteiger charge is -2.05. The second-order valence-electron chi connectivity index (χ2n) is 5.72. The topological polar surface area (TPSA) is 84.0 Å². The van der Waals surface area contributed by atoms with Crippen molar-refractivity contribution in [3.8, 4) is 0 Å². The standard InChI is InChI=1S/C19H17ClN4O2S2/c20-14-8-4-5-9-15(14)21-17(26)12-27-19-24-23-18(28-19)22-16(25)11-10-13-6-2-1-3-7-13/h1-9H,10-12H2,(H,21,26)(H,22,23,25). The van der Waals surface area contributed by atoms with Gasteiger partial charge in [0.05, 0.1) is 16.5 Å². The average molecular weight is 433 g/mol. The van der Waals surface area contributed by atoms with E-state index >= 15 is 0 Å². The summed E-state index contributed by atoms with van der Waals surface area (Å²) in [5.74, 6) is -0.142. The molecule has 0 aliphatic heterocycles. The van der Waals surface area contributed by atoms with Gasteiger partial charge in [-0.2, -0.15) is 0 Å². The van der Waals surface area contributed by atoms with E-state index in [-0.39, 0.29) is 17.6 Å². The van der Waals surface area contributed by atoms with Crippen LogP contribution in [0.5, 0.6) is 0 Å². The Kier molecular flexibility index (Phi) is 7.41. The second-order valence-corrected chi connectivity index (χ2v) is 8.33. The molecule has 1 aromatic heterocycles. The summed E-state index contributed by atoms with van der Waals surface area (Å²) >= 11 is 8.51. The molecule has 0 radical (unpaired) electrons. The van der Waals surface area contributed by atoms with E-state index in [2.05, 4.69) is 20.8 Å². The number of para-hydroxylation sites is 1. The number of halogens is 1. The zero-order chi connectivity index (χ0) is 19.8. The van der Waals surface area contributed by atoms with Crippen LogP contribution in [0.3, 0.4) is 0 Å². The van der Waals surface area contributed by atoms with E-state index in [4.69, 9.17) is 11.6 Å². The Balaban J connectivity index is 1.43. The van der Waals surface area contributed by atoms with Crippen LogP contribution in [-0.2, 0) is 16.0 Å². The lowest BCUT2D eigenvalue weighted by Crippen LogP contribution is -2.14. The molecule has 0 aliphatic rings. The summed E-state index contributed by atoms with van der Waals surface area (Å²) in [5, 5.41) is 14.3. The van der Waals surface area contributed by atoms with Gasteiger partial charge in [-0.05, 0) is 24.1 Å². The first-order valence-electron chi connectivity index (χ1n) is 8.44. The van der Waals surface area contributed by atoms with Crippen LogP contribution in [0.15, 0.2) is 58.9 Å². The number of nitrogens with zero attached hydrogens (tertiary/aromatic N) is 2. The quantitative estimate of drug-likeness (QED) is 0.404. The Bertz CT molecular complexity index is 950. The Hall–Kier alpha value is -2.42. The number of nitrogens with one attached hydrogen (secondary N) is 2. The Labute approximate surface area is 175 Å². The fraction of sp³-hybridized carbons (Fsp3) is 0.158. The average Bonchev–Trinajstić information content (AvgIpc) is 3.15. The van der Waals surface area contributed by atoms with Gasteiger partial charge in [0.25, 0.3) is 0 Å². The molecule has 6 nitrogen and oxygen atoms in total. The zero-order valence-corrected chi connectivity index (χ0v) is 17.1. The van der Waals surface area contributed by atoms with Crippen LogP contribution < -0.4 is 10.6 Å². The molecule has 0 atom stereocenters. The molecule has 144 valence electrons. The molecule has 0 aliphatic carbocycles. The van der Waals surface area contributed by atoms with Gasteiger partial charge >= 0.3 is 0 Å². The molecule has 2 aromatic carbocycles. The van der Waals surface area contributed by atoms with Gasteiger partial charge in [0.15, 0.2) is 4.34 Å². The van der Waals surface area contributed by atoms with Crippen molar-refractivity contribution in [1.29, 1.82) is 0 Å². The number of carbonyl (C=O) groups is 2. The molecule has 0 saturated heterocycles. The van der Waals surface area contributed by atoms with Gasteiger partial charge < -0.3 is 10.6 Å². The van der Waals surface area contributed by atoms with Crippen molar-refractivity contribution in [1.82, 2.24) is 10.2 Å². The van der Waals surface area contributed by atoms with Crippen molar-refractivity contribution in [3.05, 3.63) is 65.2 Å². The zero-order valence-electron chi connectivity index (χ0n) is 14.7. The highest BCUT2D eigenvalue weighted by Crippen LogP contribution is 2.26. The molecule has 0 fully saturated rings. The molecule has 3 rings (SSSR count). The minimum absolute atomic E-state index is 0.118. The number of thioether (sulfide) groups is 1. The van der Waals surface area contributed by atoms with Crippen molar-refractivity contribution in [2.24, 2.45) is 0 Å². The Morgan fingerprint density at radius 3 is 2.50 bits per heavy atom. The fourth-order valence-corrected chi connectivity index (χ4v) is 4.03. The van der Waals surface area contributed by atoms with Crippen LogP contribution in [0.1, 0.15) is 12.0 Å². The molecule has 2 N–H and O–H groups in total. The highest BCUT2D eigenvalue weighted by molar-refractivity contribution is 8.01. The van der Waals surface area contributed by atoms with Crippen LogP contribution in [0.25, 0.3) is 0 Å². The van der Waals surface area contributed by atoms with Gasteiger partial charge in [-0.25, -0.2) is 0 Å². The number of hydrogen-bond donors (Lipinski definition) is 2. The maximum absolute atomic E-state index is 12.0. The number of aryl methyl sites for hydroxylation is 1. The highest BCUT2D eigenvalue weighted by Gasteiger charge is 2.11. The molecule has 9 heteroatoms. The number of hydrogen-bond acceptors (Lipinski definition) is 6. The molecule has 1 heterocycles. The molecule has 0 spiro atoms. The molecular formula is C19H17ClN4O2S2. The summed E-state index contributed by atoms with van der Waals surface area (Å²) in [4.78, 5) is 24.1. The minimum Gasteiger partial charge on any atom is -0.324 e. The SMILES string of the molecule is O=C(CCc1ccccc1)Nc1nnc(SCC(=O)Nc2ccccc2Cl)s1. The molecule has 2 amide bonds. The van der Waals surface area contributed by atoms with Crippen LogP contribution in [0, 0.1) is 0 Å².